The number of amides is 2. The lowest BCUT2D eigenvalue weighted by Crippen LogP contribution is -2.46. The van der Waals surface area contributed by atoms with Crippen LogP contribution in [0.25, 0.3) is 0 Å². The number of hydrogen-bond acceptors (Lipinski definition) is 1. The van der Waals surface area contributed by atoms with Gasteiger partial charge in [-0.15, -0.1) is 0 Å². The fourth-order valence-electron chi connectivity index (χ4n) is 2.61. The molecule has 3 nitrogen and oxygen atoms in total. The van der Waals surface area contributed by atoms with E-state index >= 15 is 0 Å². The van der Waals surface area contributed by atoms with E-state index in [1.54, 1.807) is 0 Å². The molecule has 0 aliphatic carbocycles. The van der Waals surface area contributed by atoms with Crippen LogP contribution in [0.5, 0.6) is 0 Å². The van der Waals surface area contributed by atoms with Crippen LogP contribution in [0.15, 0.2) is 24.3 Å². The first-order chi connectivity index (χ1) is 9.49. The minimum absolute atomic E-state index is 0.0425. The van der Waals surface area contributed by atoms with E-state index < -0.39 is 0 Å². The summed E-state index contributed by atoms with van der Waals surface area (Å²) < 4.78 is 0. The third kappa shape index (κ3) is 3.75. The Morgan fingerprint density at radius 1 is 1.15 bits per heavy atom. The molecule has 110 valence electrons. The number of nitrogens with one attached hydrogen (secondary N) is 1. The van der Waals surface area contributed by atoms with E-state index in [-0.39, 0.29) is 11.4 Å². The van der Waals surface area contributed by atoms with Crippen LogP contribution >= 0.6 is 0 Å². The van der Waals surface area contributed by atoms with Gasteiger partial charge in [0.05, 0.1) is 0 Å². The summed E-state index contributed by atoms with van der Waals surface area (Å²) in [7, 11) is 0. The highest BCUT2D eigenvalue weighted by molar-refractivity contribution is 5.74. The van der Waals surface area contributed by atoms with Crippen LogP contribution in [0.3, 0.4) is 0 Å². The summed E-state index contributed by atoms with van der Waals surface area (Å²) in [4.78, 5) is 14.1. The van der Waals surface area contributed by atoms with Gasteiger partial charge < -0.3 is 10.2 Å². The molecule has 1 aliphatic rings. The van der Waals surface area contributed by atoms with Gasteiger partial charge in [-0.3, -0.25) is 0 Å². The normalized spacial score (nSPS) is 16.1. The molecule has 0 atom stereocenters. The van der Waals surface area contributed by atoms with Crippen LogP contribution in [0.1, 0.15) is 44.2 Å². The summed E-state index contributed by atoms with van der Waals surface area (Å²) in [5, 5.41) is 3.09. The number of carbonyl (C=O) groups is 1. The maximum atomic E-state index is 12.1. The first kappa shape index (κ1) is 14.9. The number of piperidine rings is 1. The lowest BCUT2D eigenvalue weighted by Gasteiger charge is -2.30. The molecule has 1 fully saturated rings. The van der Waals surface area contributed by atoms with Crippen LogP contribution in [0.4, 0.5) is 4.79 Å². The first-order valence-electron chi connectivity index (χ1n) is 7.59. The number of benzene rings is 1. The molecule has 0 bridgehead atoms. The van der Waals surface area contributed by atoms with Gasteiger partial charge in [0.25, 0.3) is 0 Å². The standard InChI is InChI=1S/C17H26N2O/c1-14-7-9-15(10-8-14)17(2,3)13-18-16(20)19-11-5-4-6-12-19/h7-10H,4-6,11-13H2,1-3H3,(H,18,20). The van der Waals surface area contributed by atoms with Crippen molar-refractivity contribution in [2.24, 2.45) is 0 Å². The van der Waals surface area contributed by atoms with Gasteiger partial charge in [0.2, 0.25) is 0 Å². The van der Waals surface area contributed by atoms with Gasteiger partial charge in [0.1, 0.15) is 0 Å². The van der Waals surface area contributed by atoms with Crippen molar-refractivity contribution in [2.45, 2.75) is 45.4 Å². The third-order valence-electron chi connectivity index (χ3n) is 4.16. The second kappa shape index (κ2) is 6.29. The van der Waals surface area contributed by atoms with E-state index in [4.69, 9.17) is 0 Å². The molecular formula is C17H26N2O. The zero-order valence-corrected chi connectivity index (χ0v) is 12.9. The molecule has 2 amide bonds. The van der Waals surface area contributed by atoms with Crippen molar-refractivity contribution in [2.75, 3.05) is 19.6 Å². The molecule has 0 aromatic heterocycles. The van der Waals surface area contributed by atoms with Gasteiger partial charge in [-0.1, -0.05) is 43.7 Å². The molecule has 1 aromatic rings. The Morgan fingerprint density at radius 3 is 2.35 bits per heavy atom. The number of urea groups is 1. The molecule has 0 spiro atoms. The van der Waals surface area contributed by atoms with Crippen molar-refractivity contribution in [3.8, 4) is 0 Å². The van der Waals surface area contributed by atoms with Gasteiger partial charge in [-0.25, -0.2) is 4.79 Å². The van der Waals surface area contributed by atoms with Crippen molar-refractivity contribution in [3.63, 3.8) is 0 Å². The number of nitrogens with zero attached hydrogens (tertiary/aromatic N) is 1. The monoisotopic (exact) mass is 274 g/mol. The molecule has 1 saturated heterocycles. The Morgan fingerprint density at radius 2 is 1.75 bits per heavy atom. The molecule has 0 radical (unpaired) electrons. The predicted octanol–water partition coefficient (Wildman–Crippen LogP) is 3.47. The van der Waals surface area contributed by atoms with Crippen LogP contribution < -0.4 is 5.32 Å². The van der Waals surface area contributed by atoms with E-state index in [1.807, 2.05) is 4.90 Å². The highest BCUT2D eigenvalue weighted by atomic mass is 16.2. The molecular weight excluding hydrogens is 248 g/mol. The lowest BCUT2D eigenvalue weighted by molar-refractivity contribution is 0.184. The number of hydrogen-bond donors (Lipinski definition) is 1. The Kier molecular flexibility index (Phi) is 4.69. The highest BCUT2D eigenvalue weighted by Crippen LogP contribution is 2.22. The topological polar surface area (TPSA) is 32.3 Å². The fraction of sp³-hybridized carbons (Fsp3) is 0.588. The molecule has 20 heavy (non-hydrogen) atoms. The molecule has 0 unspecified atom stereocenters. The van der Waals surface area contributed by atoms with E-state index in [9.17, 15) is 4.79 Å². The van der Waals surface area contributed by atoms with Crippen molar-refractivity contribution in [1.29, 1.82) is 0 Å². The molecule has 1 aromatic carbocycles. The summed E-state index contributed by atoms with van der Waals surface area (Å²) in [6.07, 6.45) is 3.52. The number of aryl methyl sites for hydroxylation is 1. The molecule has 1 aliphatic heterocycles. The Bertz CT molecular complexity index is 445. The van der Waals surface area contributed by atoms with Crippen LogP contribution in [-0.4, -0.2) is 30.6 Å². The van der Waals surface area contributed by atoms with Gasteiger partial charge >= 0.3 is 6.03 Å². The van der Waals surface area contributed by atoms with Crippen molar-refractivity contribution in [3.05, 3.63) is 35.4 Å². The average molecular weight is 274 g/mol. The third-order valence-corrected chi connectivity index (χ3v) is 4.16. The average Bonchev–Trinajstić information content (AvgIpc) is 2.46. The molecule has 1 heterocycles. The van der Waals surface area contributed by atoms with Gasteiger partial charge in [0.15, 0.2) is 0 Å². The Hall–Kier alpha value is -1.51. The van der Waals surface area contributed by atoms with Gasteiger partial charge in [-0.2, -0.15) is 0 Å². The summed E-state index contributed by atoms with van der Waals surface area (Å²) in [6.45, 7) is 8.91. The summed E-state index contributed by atoms with van der Waals surface area (Å²) in [6, 6.07) is 8.66. The zero-order chi connectivity index (χ0) is 14.6. The molecule has 3 heteroatoms. The maximum absolute atomic E-state index is 12.1. The summed E-state index contributed by atoms with van der Waals surface area (Å²) in [5.74, 6) is 0. The summed E-state index contributed by atoms with van der Waals surface area (Å²) in [5.41, 5.74) is 2.49. The van der Waals surface area contributed by atoms with E-state index in [2.05, 4.69) is 50.4 Å². The molecule has 2 rings (SSSR count). The maximum Gasteiger partial charge on any atom is 0.317 e. The van der Waals surface area contributed by atoms with E-state index in [0.29, 0.717) is 6.54 Å². The van der Waals surface area contributed by atoms with Crippen molar-refractivity contribution >= 4 is 6.03 Å². The Labute approximate surface area is 122 Å². The first-order valence-corrected chi connectivity index (χ1v) is 7.59. The number of carbonyl (C=O) groups excluding carboxylic acids is 1. The van der Waals surface area contributed by atoms with Crippen LogP contribution in [0, 0.1) is 6.92 Å². The van der Waals surface area contributed by atoms with E-state index in [1.165, 1.54) is 17.5 Å². The van der Waals surface area contributed by atoms with Gasteiger partial charge in [0, 0.05) is 25.0 Å². The quantitative estimate of drug-likeness (QED) is 0.899. The lowest BCUT2D eigenvalue weighted by atomic mass is 9.84. The van der Waals surface area contributed by atoms with E-state index in [0.717, 1.165) is 25.9 Å². The van der Waals surface area contributed by atoms with Crippen LogP contribution in [-0.2, 0) is 5.41 Å². The van der Waals surface area contributed by atoms with Crippen LogP contribution in [0.2, 0.25) is 0 Å². The van der Waals surface area contributed by atoms with Crippen molar-refractivity contribution < 1.29 is 4.79 Å². The second-order valence-corrected chi connectivity index (χ2v) is 6.46. The minimum atomic E-state index is -0.0425. The largest absolute Gasteiger partial charge is 0.337 e. The summed E-state index contributed by atoms with van der Waals surface area (Å²) >= 11 is 0. The number of likely N-dealkylation sites (tertiary alicyclic amines) is 1. The number of rotatable bonds is 3. The Balaban J connectivity index is 1.91. The predicted molar refractivity (Wildman–Crippen MR) is 83.0 cm³/mol. The van der Waals surface area contributed by atoms with Gasteiger partial charge in [-0.05, 0) is 31.7 Å². The minimum Gasteiger partial charge on any atom is -0.337 e. The highest BCUT2D eigenvalue weighted by Gasteiger charge is 2.23. The fourth-order valence-corrected chi connectivity index (χ4v) is 2.61. The smallest absolute Gasteiger partial charge is 0.317 e. The zero-order valence-electron chi connectivity index (χ0n) is 12.9. The molecule has 0 saturated carbocycles. The molecule has 1 N–H and O–H groups in total. The SMILES string of the molecule is Cc1ccc(C(C)(C)CNC(=O)N2CCCCC2)cc1. The second-order valence-electron chi connectivity index (χ2n) is 6.46. The van der Waals surface area contributed by atoms with Crippen molar-refractivity contribution in [1.82, 2.24) is 10.2 Å².